The second-order valence-electron chi connectivity index (χ2n) is 7.04. The predicted molar refractivity (Wildman–Crippen MR) is 109 cm³/mol. The number of phosphoric acid groups is 1. The number of hydrogen-bond acceptors (Lipinski definition) is 9. The van der Waals surface area contributed by atoms with Crippen LogP contribution in [-0.2, 0) is 32.7 Å². The Balaban J connectivity index is 4.14. The van der Waals surface area contributed by atoms with Gasteiger partial charge in [-0.15, -0.1) is 0 Å². The number of aliphatic hydroxyl groups is 2. The number of unbranched alkanes of at least 4 members (excludes halogenated alkanes) is 7. The van der Waals surface area contributed by atoms with E-state index >= 15 is 0 Å². The van der Waals surface area contributed by atoms with Gasteiger partial charge >= 0.3 is 19.8 Å². The van der Waals surface area contributed by atoms with Crippen molar-refractivity contribution in [3.05, 3.63) is 0 Å². The Morgan fingerprint density at radius 2 is 1.50 bits per heavy atom. The normalized spacial score (nSPS) is 15.2. The first kappa shape index (κ1) is 29.0. The SMILES string of the molecule is CCCCCCCCCCC(=O)OC[C@H](COP(=O)(O)OC[C@@H](O)CO)OC(C)=O. The highest BCUT2D eigenvalue weighted by molar-refractivity contribution is 7.47. The Hall–Kier alpha value is -1.03. The zero-order valence-corrected chi connectivity index (χ0v) is 18.9. The molecule has 0 fully saturated rings. The Labute approximate surface area is 178 Å². The second kappa shape index (κ2) is 17.6. The Morgan fingerprint density at radius 1 is 0.933 bits per heavy atom. The minimum absolute atomic E-state index is 0.239. The van der Waals surface area contributed by atoms with Gasteiger partial charge in [0.25, 0.3) is 0 Å². The molecule has 30 heavy (non-hydrogen) atoms. The van der Waals surface area contributed by atoms with Crippen LogP contribution < -0.4 is 0 Å². The Morgan fingerprint density at radius 3 is 2.07 bits per heavy atom. The van der Waals surface area contributed by atoms with Crippen LogP contribution in [0.5, 0.6) is 0 Å². The van der Waals surface area contributed by atoms with Crippen LogP contribution in [0.4, 0.5) is 0 Å². The van der Waals surface area contributed by atoms with Crippen molar-refractivity contribution in [1.82, 2.24) is 0 Å². The van der Waals surface area contributed by atoms with Gasteiger partial charge < -0.3 is 24.6 Å². The monoisotopic (exact) mass is 456 g/mol. The molecule has 0 saturated carbocycles. The molecule has 3 N–H and O–H groups in total. The van der Waals surface area contributed by atoms with Crippen molar-refractivity contribution in [2.24, 2.45) is 0 Å². The van der Waals surface area contributed by atoms with E-state index in [4.69, 9.17) is 24.2 Å². The van der Waals surface area contributed by atoms with Gasteiger partial charge in [0.2, 0.25) is 0 Å². The van der Waals surface area contributed by atoms with Gasteiger partial charge in [0.1, 0.15) is 12.7 Å². The molecule has 0 spiro atoms. The topological polar surface area (TPSA) is 149 Å². The minimum Gasteiger partial charge on any atom is -0.462 e. The number of rotatable bonds is 19. The summed E-state index contributed by atoms with van der Waals surface area (Å²) < 4.78 is 30.9. The van der Waals surface area contributed by atoms with Gasteiger partial charge in [0, 0.05) is 13.3 Å². The Kier molecular flexibility index (Phi) is 17.0. The van der Waals surface area contributed by atoms with E-state index in [2.05, 4.69) is 11.4 Å². The molecular weight excluding hydrogens is 419 g/mol. The molecule has 0 aliphatic heterocycles. The first-order chi connectivity index (χ1) is 14.2. The maximum absolute atomic E-state index is 11.8. The molecule has 0 amide bonds. The van der Waals surface area contributed by atoms with Crippen LogP contribution in [0.25, 0.3) is 0 Å². The Bertz CT molecular complexity index is 514. The van der Waals surface area contributed by atoms with E-state index in [1.165, 1.54) is 25.7 Å². The van der Waals surface area contributed by atoms with E-state index < -0.39 is 51.8 Å². The molecule has 0 radical (unpaired) electrons. The molecule has 10 nitrogen and oxygen atoms in total. The molecule has 0 aliphatic rings. The summed E-state index contributed by atoms with van der Waals surface area (Å²) in [5.41, 5.74) is 0. The summed E-state index contributed by atoms with van der Waals surface area (Å²) >= 11 is 0. The van der Waals surface area contributed by atoms with Crippen molar-refractivity contribution in [3.63, 3.8) is 0 Å². The highest BCUT2D eigenvalue weighted by Gasteiger charge is 2.26. The fourth-order valence-corrected chi connectivity index (χ4v) is 3.25. The van der Waals surface area contributed by atoms with E-state index in [0.29, 0.717) is 6.42 Å². The molecule has 178 valence electrons. The maximum atomic E-state index is 11.8. The van der Waals surface area contributed by atoms with Gasteiger partial charge in [-0.1, -0.05) is 51.9 Å². The van der Waals surface area contributed by atoms with Crippen LogP contribution in [0, 0.1) is 0 Å². The molecule has 0 bridgehead atoms. The van der Waals surface area contributed by atoms with Gasteiger partial charge in [0.15, 0.2) is 6.10 Å². The number of ether oxygens (including phenoxy) is 2. The number of carbonyl (C=O) groups is 2. The molecule has 1 unspecified atom stereocenters. The smallest absolute Gasteiger partial charge is 0.462 e. The average Bonchev–Trinajstić information content (AvgIpc) is 2.70. The second-order valence-corrected chi connectivity index (χ2v) is 8.49. The maximum Gasteiger partial charge on any atom is 0.472 e. The summed E-state index contributed by atoms with van der Waals surface area (Å²) in [6.07, 6.45) is 6.58. The third kappa shape index (κ3) is 17.8. The standard InChI is InChI=1S/C19H37O10P/c1-3-4-5-6-7-8-9-10-11-19(23)26-14-18(29-16(2)21)15-28-30(24,25)27-13-17(22)12-20/h17-18,20,22H,3-15H2,1-2H3,(H,24,25)/t17-,18+/m0/s1. The molecule has 0 rings (SSSR count). The van der Waals surface area contributed by atoms with Gasteiger partial charge in [-0.25, -0.2) is 4.57 Å². The van der Waals surface area contributed by atoms with Crippen molar-refractivity contribution in [2.75, 3.05) is 26.4 Å². The molecule has 0 aromatic heterocycles. The summed E-state index contributed by atoms with van der Waals surface area (Å²) in [5, 5.41) is 17.8. The third-order valence-corrected chi connectivity index (χ3v) is 5.01. The number of phosphoric ester groups is 1. The summed E-state index contributed by atoms with van der Waals surface area (Å²) in [4.78, 5) is 32.5. The van der Waals surface area contributed by atoms with Crippen LogP contribution in [0.3, 0.4) is 0 Å². The van der Waals surface area contributed by atoms with E-state index in [9.17, 15) is 19.0 Å². The first-order valence-electron chi connectivity index (χ1n) is 10.4. The molecule has 0 saturated heterocycles. The average molecular weight is 456 g/mol. The fourth-order valence-electron chi connectivity index (χ4n) is 2.46. The summed E-state index contributed by atoms with van der Waals surface area (Å²) in [6, 6.07) is 0. The summed E-state index contributed by atoms with van der Waals surface area (Å²) in [7, 11) is -4.54. The highest BCUT2D eigenvalue weighted by atomic mass is 31.2. The quantitative estimate of drug-likeness (QED) is 0.150. The predicted octanol–water partition coefficient (Wildman–Crippen LogP) is 2.48. The van der Waals surface area contributed by atoms with Crippen molar-refractivity contribution in [2.45, 2.75) is 83.8 Å². The highest BCUT2D eigenvalue weighted by Crippen LogP contribution is 2.43. The van der Waals surface area contributed by atoms with E-state index in [1.807, 2.05) is 0 Å². The van der Waals surface area contributed by atoms with Crippen molar-refractivity contribution >= 4 is 19.8 Å². The number of esters is 2. The van der Waals surface area contributed by atoms with E-state index in [0.717, 1.165) is 26.2 Å². The molecule has 11 heteroatoms. The number of aliphatic hydroxyl groups excluding tert-OH is 2. The van der Waals surface area contributed by atoms with Gasteiger partial charge in [0.05, 0.1) is 19.8 Å². The lowest BCUT2D eigenvalue weighted by atomic mass is 10.1. The van der Waals surface area contributed by atoms with Crippen molar-refractivity contribution < 1.29 is 47.8 Å². The number of carbonyl (C=O) groups excluding carboxylic acids is 2. The first-order valence-corrected chi connectivity index (χ1v) is 11.9. The van der Waals surface area contributed by atoms with Crippen LogP contribution in [-0.4, -0.2) is 65.7 Å². The minimum atomic E-state index is -4.54. The van der Waals surface area contributed by atoms with Crippen LogP contribution >= 0.6 is 7.82 Å². The lowest BCUT2D eigenvalue weighted by Gasteiger charge is -2.19. The number of hydrogen-bond donors (Lipinski definition) is 3. The summed E-state index contributed by atoms with van der Waals surface area (Å²) in [6.45, 7) is 1.18. The fraction of sp³-hybridized carbons (Fsp3) is 0.895. The zero-order chi connectivity index (χ0) is 22.8. The largest absolute Gasteiger partial charge is 0.472 e. The van der Waals surface area contributed by atoms with E-state index in [-0.39, 0.29) is 13.0 Å². The van der Waals surface area contributed by atoms with Crippen LogP contribution in [0.1, 0.15) is 71.6 Å². The third-order valence-electron chi connectivity index (χ3n) is 4.06. The summed E-state index contributed by atoms with van der Waals surface area (Å²) in [5.74, 6) is -1.13. The molecule has 0 aromatic rings. The van der Waals surface area contributed by atoms with Gasteiger partial charge in [-0.05, 0) is 6.42 Å². The van der Waals surface area contributed by atoms with Gasteiger partial charge in [-0.2, -0.15) is 0 Å². The lowest BCUT2D eigenvalue weighted by molar-refractivity contribution is -0.159. The lowest BCUT2D eigenvalue weighted by Crippen LogP contribution is -2.29. The van der Waals surface area contributed by atoms with Crippen LogP contribution in [0.2, 0.25) is 0 Å². The molecule has 3 atom stereocenters. The molecule has 0 aromatic carbocycles. The van der Waals surface area contributed by atoms with Crippen LogP contribution in [0.15, 0.2) is 0 Å². The molecule has 0 aliphatic carbocycles. The molecule has 0 heterocycles. The molecular formula is C19H37O10P. The zero-order valence-electron chi connectivity index (χ0n) is 18.0. The van der Waals surface area contributed by atoms with Crippen molar-refractivity contribution in [3.8, 4) is 0 Å². The van der Waals surface area contributed by atoms with Crippen molar-refractivity contribution in [1.29, 1.82) is 0 Å². The van der Waals surface area contributed by atoms with Gasteiger partial charge in [-0.3, -0.25) is 18.6 Å². The van der Waals surface area contributed by atoms with E-state index in [1.54, 1.807) is 0 Å².